The highest BCUT2D eigenvalue weighted by Crippen LogP contribution is 2.05. The van der Waals surface area contributed by atoms with E-state index in [2.05, 4.69) is 20.0 Å². The first-order valence-electron chi connectivity index (χ1n) is 4.09. The third-order valence-electron chi connectivity index (χ3n) is 1.40. The summed E-state index contributed by atoms with van der Waals surface area (Å²) in [5.74, 6) is 0.116. The number of aromatic nitrogens is 2. The second kappa shape index (κ2) is 5.43. The van der Waals surface area contributed by atoms with Crippen molar-refractivity contribution in [3.05, 3.63) is 18.1 Å². The number of ether oxygens (including phenoxy) is 1. The van der Waals surface area contributed by atoms with Crippen molar-refractivity contribution in [2.45, 2.75) is 13.0 Å². The van der Waals surface area contributed by atoms with Gasteiger partial charge >= 0.3 is 0 Å². The molecule has 0 aliphatic rings. The topological polar surface area (TPSA) is 47.0 Å². The Labute approximate surface area is 80.3 Å². The smallest absolute Gasteiger partial charge is 0.272 e. The minimum Gasteiger partial charge on any atom is -0.470 e. The number of hydrogen-bond acceptors (Lipinski definition) is 4. The Bertz CT molecular complexity index is 266. The van der Waals surface area contributed by atoms with Gasteiger partial charge < -0.3 is 10.1 Å². The summed E-state index contributed by atoms with van der Waals surface area (Å²) in [5, 5.41) is 2.89. The summed E-state index contributed by atoms with van der Waals surface area (Å²) < 4.78 is 28.1. The number of nitrogens with zero attached hydrogens (tertiary/aromatic N) is 2. The van der Waals surface area contributed by atoms with Crippen LogP contribution in [0.5, 0.6) is 5.88 Å². The van der Waals surface area contributed by atoms with Crippen LogP contribution in [-0.4, -0.2) is 30.0 Å². The molecule has 0 bridgehead atoms. The fourth-order valence-corrected chi connectivity index (χ4v) is 0.838. The van der Waals surface area contributed by atoms with E-state index in [-0.39, 0.29) is 5.88 Å². The fraction of sp³-hybridized carbons (Fsp3) is 0.500. The molecule has 0 amide bonds. The average molecular weight is 203 g/mol. The number of hydrogen-bond donors (Lipinski definition) is 1. The lowest BCUT2D eigenvalue weighted by molar-refractivity contribution is 0.0793. The summed E-state index contributed by atoms with van der Waals surface area (Å²) in [5.41, 5.74) is 0.733. The van der Waals surface area contributed by atoms with Gasteiger partial charge in [-0.2, -0.15) is 0 Å². The minimum atomic E-state index is -2.49. The molecule has 0 saturated carbocycles. The summed E-state index contributed by atoms with van der Waals surface area (Å²) in [6.07, 6.45) is 0.320. The molecule has 1 rings (SSSR count). The van der Waals surface area contributed by atoms with Crippen LogP contribution in [0.4, 0.5) is 8.78 Å². The van der Waals surface area contributed by atoms with E-state index < -0.39 is 13.0 Å². The molecule has 0 aliphatic carbocycles. The van der Waals surface area contributed by atoms with E-state index in [9.17, 15) is 8.78 Å². The van der Waals surface area contributed by atoms with Gasteiger partial charge in [-0.25, -0.2) is 13.8 Å². The van der Waals surface area contributed by atoms with E-state index >= 15 is 0 Å². The molecule has 1 aromatic heterocycles. The molecule has 1 heterocycles. The summed E-state index contributed by atoms with van der Waals surface area (Å²) >= 11 is 0. The summed E-state index contributed by atoms with van der Waals surface area (Å²) in [6.45, 7) is -0.0673. The highest BCUT2D eigenvalue weighted by Gasteiger charge is 2.04. The predicted octanol–water partition coefficient (Wildman–Crippen LogP) is 0.840. The Balaban J connectivity index is 2.46. The molecular formula is C8H11F2N3O. The Hall–Kier alpha value is -1.30. The second-order valence-corrected chi connectivity index (χ2v) is 2.58. The van der Waals surface area contributed by atoms with Crippen LogP contribution in [0.15, 0.2) is 12.4 Å². The van der Waals surface area contributed by atoms with Gasteiger partial charge in [0.25, 0.3) is 6.43 Å². The maximum Gasteiger partial charge on any atom is 0.272 e. The Kier molecular flexibility index (Phi) is 4.18. The maximum atomic E-state index is 11.7. The van der Waals surface area contributed by atoms with E-state index in [0.29, 0.717) is 6.54 Å². The van der Waals surface area contributed by atoms with Crippen molar-refractivity contribution in [2.75, 3.05) is 13.7 Å². The zero-order valence-corrected chi connectivity index (χ0v) is 7.70. The Morgan fingerprint density at radius 2 is 2.21 bits per heavy atom. The molecular weight excluding hydrogens is 192 g/mol. The number of alkyl halides is 2. The van der Waals surface area contributed by atoms with E-state index in [1.54, 1.807) is 7.05 Å². The molecule has 0 aliphatic heterocycles. The summed E-state index contributed by atoms with van der Waals surface area (Å²) in [7, 11) is 1.78. The Morgan fingerprint density at radius 3 is 2.71 bits per heavy atom. The van der Waals surface area contributed by atoms with E-state index in [0.717, 1.165) is 5.69 Å². The molecule has 1 aromatic rings. The Morgan fingerprint density at radius 1 is 1.43 bits per heavy atom. The van der Waals surface area contributed by atoms with E-state index in [1.165, 1.54) is 12.4 Å². The highest BCUT2D eigenvalue weighted by molar-refractivity contribution is 5.06. The molecule has 0 saturated heterocycles. The zero-order valence-electron chi connectivity index (χ0n) is 7.70. The molecule has 0 atom stereocenters. The van der Waals surface area contributed by atoms with Crippen LogP contribution in [0.3, 0.4) is 0 Å². The van der Waals surface area contributed by atoms with Gasteiger partial charge in [-0.3, -0.25) is 4.98 Å². The molecule has 14 heavy (non-hydrogen) atoms. The van der Waals surface area contributed by atoms with Crippen LogP contribution >= 0.6 is 0 Å². The van der Waals surface area contributed by atoms with Crippen molar-refractivity contribution in [1.29, 1.82) is 0 Å². The van der Waals surface area contributed by atoms with Gasteiger partial charge in [0.1, 0.15) is 0 Å². The molecule has 0 radical (unpaired) electrons. The zero-order chi connectivity index (χ0) is 10.4. The predicted molar refractivity (Wildman–Crippen MR) is 46.3 cm³/mol. The SMILES string of the molecule is CNCc1cnc(OCC(F)F)cn1. The molecule has 0 aromatic carbocycles. The molecule has 0 unspecified atom stereocenters. The van der Waals surface area contributed by atoms with Crippen LogP contribution in [-0.2, 0) is 6.54 Å². The maximum absolute atomic E-state index is 11.7. The van der Waals surface area contributed by atoms with E-state index in [1.807, 2.05) is 0 Å². The largest absolute Gasteiger partial charge is 0.470 e. The summed E-state index contributed by atoms with van der Waals surface area (Å²) in [4.78, 5) is 7.76. The molecule has 0 spiro atoms. The minimum absolute atomic E-state index is 0.116. The van der Waals surface area contributed by atoms with Crippen LogP contribution in [0.25, 0.3) is 0 Å². The van der Waals surface area contributed by atoms with E-state index in [4.69, 9.17) is 0 Å². The number of rotatable bonds is 5. The monoisotopic (exact) mass is 203 g/mol. The van der Waals surface area contributed by atoms with Crippen molar-refractivity contribution >= 4 is 0 Å². The fourth-order valence-electron chi connectivity index (χ4n) is 0.838. The van der Waals surface area contributed by atoms with Crippen LogP contribution in [0, 0.1) is 0 Å². The van der Waals surface area contributed by atoms with Gasteiger partial charge in [-0.15, -0.1) is 0 Å². The first-order valence-corrected chi connectivity index (χ1v) is 4.09. The van der Waals surface area contributed by atoms with Crippen molar-refractivity contribution in [1.82, 2.24) is 15.3 Å². The first kappa shape index (κ1) is 10.8. The van der Waals surface area contributed by atoms with Crippen LogP contribution < -0.4 is 10.1 Å². The van der Waals surface area contributed by atoms with Crippen LogP contribution in [0.1, 0.15) is 5.69 Å². The quantitative estimate of drug-likeness (QED) is 0.770. The number of halogens is 2. The number of nitrogens with one attached hydrogen (secondary N) is 1. The van der Waals surface area contributed by atoms with Gasteiger partial charge in [-0.1, -0.05) is 0 Å². The van der Waals surface area contributed by atoms with Crippen molar-refractivity contribution in [3.8, 4) is 5.88 Å². The third kappa shape index (κ3) is 3.61. The van der Waals surface area contributed by atoms with Gasteiger partial charge in [-0.05, 0) is 7.05 Å². The first-order chi connectivity index (χ1) is 6.72. The molecule has 0 fully saturated rings. The highest BCUT2D eigenvalue weighted by atomic mass is 19.3. The van der Waals surface area contributed by atoms with Gasteiger partial charge in [0.15, 0.2) is 6.61 Å². The van der Waals surface area contributed by atoms with Crippen molar-refractivity contribution in [3.63, 3.8) is 0 Å². The van der Waals surface area contributed by atoms with Crippen molar-refractivity contribution < 1.29 is 13.5 Å². The normalized spacial score (nSPS) is 10.6. The third-order valence-corrected chi connectivity index (χ3v) is 1.40. The lowest BCUT2D eigenvalue weighted by Crippen LogP contribution is -2.10. The van der Waals surface area contributed by atoms with Crippen molar-refractivity contribution in [2.24, 2.45) is 0 Å². The van der Waals surface area contributed by atoms with Gasteiger partial charge in [0, 0.05) is 6.54 Å². The molecule has 1 N–H and O–H groups in total. The second-order valence-electron chi connectivity index (χ2n) is 2.58. The summed E-state index contributed by atoms with van der Waals surface area (Å²) in [6, 6.07) is 0. The average Bonchev–Trinajstić information content (AvgIpc) is 2.17. The molecule has 6 heteroatoms. The van der Waals surface area contributed by atoms with Gasteiger partial charge in [0.05, 0.1) is 18.1 Å². The standard InChI is InChI=1S/C8H11F2N3O/c1-11-2-6-3-13-8(4-12-6)14-5-7(9)10/h3-4,7,11H,2,5H2,1H3. The molecule has 4 nitrogen and oxygen atoms in total. The van der Waals surface area contributed by atoms with Gasteiger partial charge in [0.2, 0.25) is 5.88 Å². The van der Waals surface area contributed by atoms with Crippen LogP contribution in [0.2, 0.25) is 0 Å². The molecule has 78 valence electrons. The lowest BCUT2D eigenvalue weighted by atomic mass is 10.4. The lowest BCUT2D eigenvalue weighted by Gasteiger charge is -2.04.